The summed E-state index contributed by atoms with van der Waals surface area (Å²) in [5.74, 6) is 0.634. The highest BCUT2D eigenvalue weighted by Gasteiger charge is 2.16. The van der Waals surface area contributed by atoms with Crippen molar-refractivity contribution in [2.24, 2.45) is 0 Å². The number of anilines is 1. The molecule has 0 aliphatic carbocycles. The average Bonchev–Trinajstić information content (AvgIpc) is 2.90. The predicted octanol–water partition coefficient (Wildman–Crippen LogP) is 0.648. The molecule has 1 aromatic heterocycles. The number of carbonyl (C=O) groups is 1. The maximum atomic E-state index is 11.4. The fourth-order valence-electron chi connectivity index (χ4n) is 2.14. The van der Waals surface area contributed by atoms with Crippen LogP contribution in [-0.4, -0.2) is 42.7 Å². The summed E-state index contributed by atoms with van der Waals surface area (Å²) in [6.45, 7) is 4.45. The van der Waals surface area contributed by atoms with Gasteiger partial charge in [-0.3, -0.25) is 4.79 Å². The lowest BCUT2D eigenvalue weighted by Gasteiger charge is -2.16. The van der Waals surface area contributed by atoms with E-state index in [4.69, 9.17) is 4.74 Å². The number of nitrogens with zero attached hydrogens (tertiary/aromatic N) is 3. The van der Waals surface area contributed by atoms with Gasteiger partial charge in [0.05, 0.1) is 12.2 Å². The Kier molecular flexibility index (Phi) is 4.68. The van der Waals surface area contributed by atoms with Gasteiger partial charge in [0, 0.05) is 25.9 Å². The van der Waals surface area contributed by atoms with Gasteiger partial charge in [0.2, 0.25) is 11.9 Å². The highest BCUT2D eigenvalue weighted by Crippen LogP contribution is 2.16. The molecule has 1 amide bonds. The van der Waals surface area contributed by atoms with Crippen LogP contribution >= 0.6 is 0 Å². The summed E-state index contributed by atoms with van der Waals surface area (Å²) in [7, 11) is 1.50. The van der Waals surface area contributed by atoms with Crippen molar-refractivity contribution in [2.45, 2.75) is 26.3 Å². The number of rotatable bonds is 5. The average molecular weight is 264 g/mol. The van der Waals surface area contributed by atoms with Crippen molar-refractivity contribution in [3.8, 4) is 0 Å². The standard InChI is InChI=1S/C13H20N4O2/c1-10-7-11(8-14-12(18)9-19-2)16-13(15-10)17-5-3-4-6-17/h7H,3-6,8-9H2,1-2H3,(H,14,18). The van der Waals surface area contributed by atoms with Crippen LogP contribution in [0.25, 0.3) is 0 Å². The second kappa shape index (κ2) is 6.47. The number of hydrogen-bond acceptors (Lipinski definition) is 5. The van der Waals surface area contributed by atoms with Crippen molar-refractivity contribution in [2.75, 3.05) is 31.7 Å². The van der Waals surface area contributed by atoms with Crippen molar-refractivity contribution < 1.29 is 9.53 Å². The lowest BCUT2D eigenvalue weighted by atomic mass is 10.3. The summed E-state index contributed by atoms with van der Waals surface area (Å²) < 4.78 is 4.77. The van der Waals surface area contributed by atoms with Crippen LogP contribution in [0, 0.1) is 6.92 Å². The third kappa shape index (κ3) is 3.89. The van der Waals surface area contributed by atoms with Gasteiger partial charge in [-0.25, -0.2) is 9.97 Å². The molecule has 2 heterocycles. The van der Waals surface area contributed by atoms with E-state index in [2.05, 4.69) is 20.2 Å². The van der Waals surface area contributed by atoms with Gasteiger partial charge in [0.25, 0.3) is 0 Å². The number of ether oxygens (including phenoxy) is 1. The SMILES string of the molecule is COCC(=O)NCc1cc(C)nc(N2CCCC2)n1. The van der Waals surface area contributed by atoms with Gasteiger partial charge in [-0.05, 0) is 25.8 Å². The molecule has 19 heavy (non-hydrogen) atoms. The predicted molar refractivity (Wildman–Crippen MR) is 71.9 cm³/mol. The van der Waals surface area contributed by atoms with E-state index in [9.17, 15) is 4.79 Å². The number of hydrogen-bond donors (Lipinski definition) is 1. The molecule has 0 spiro atoms. The summed E-state index contributed by atoms with van der Waals surface area (Å²) in [6, 6.07) is 1.90. The number of aromatic nitrogens is 2. The minimum atomic E-state index is -0.138. The smallest absolute Gasteiger partial charge is 0.246 e. The summed E-state index contributed by atoms with van der Waals surface area (Å²) >= 11 is 0. The molecule has 6 heteroatoms. The van der Waals surface area contributed by atoms with Crippen LogP contribution in [-0.2, 0) is 16.1 Å². The lowest BCUT2D eigenvalue weighted by molar-refractivity contribution is -0.124. The Morgan fingerprint density at radius 3 is 2.84 bits per heavy atom. The van der Waals surface area contributed by atoms with Crippen molar-refractivity contribution >= 4 is 11.9 Å². The quantitative estimate of drug-likeness (QED) is 0.845. The van der Waals surface area contributed by atoms with Crippen molar-refractivity contribution in [1.82, 2.24) is 15.3 Å². The highest BCUT2D eigenvalue weighted by molar-refractivity contribution is 5.77. The zero-order chi connectivity index (χ0) is 13.7. The maximum Gasteiger partial charge on any atom is 0.246 e. The van der Waals surface area contributed by atoms with E-state index in [1.54, 1.807) is 0 Å². The maximum absolute atomic E-state index is 11.4. The van der Waals surface area contributed by atoms with Gasteiger partial charge >= 0.3 is 0 Å². The number of amides is 1. The summed E-state index contributed by atoms with van der Waals surface area (Å²) in [5, 5.41) is 2.77. The van der Waals surface area contributed by atoms with Crippen LogP contribution in [0.15, 0.2) is 6.07 Å². The van der Waals surface area contributed by atoms with Gasteiger partial charge < -0.3 is 15.0 Å². The molecular formula is C13H20N4O2. The summed E-state index contributed by atoms with van der Waals surface area (Å²) in [4.78, 5) is 22.5. The molecule has 0 saturated carbocycles. The number of nitrogens with one attached hydrogen (secondary N) is 1. The second-order valence-electron chi connectivity index (χ2n) is 4.70. The molecule has 1 aliphatic rings. The van der Waals surface area contributed by atoms with Crippen LogP contribution in [0.1, 0.15) is 24.2 Å². The normalized spacial score (nSPS) is 14.7. The molecule has 0 aromatic carbocycles. The van der Waals surface area contributed by atoms with E-state index in [1.807, 2.05) is 13.0 Å². The zero-order valence-corrected chi connectivity index (χ0v) is 11.5. The molecule has 1 N–H and O–H groups in total. The van der Waals surface area contributed by atoms with Crippen LogP contribution in [0.2, 0.25) is 0 Å². The topological polar surface area (TPSA) is 67.3 Å². The van der Waals surface area contributed by atoms with E-state index in [0.29, 0.717) is 6.54 Å². The highest BCUT2D eigenvalue weighted by atomic mass is 16.5. The van der Waals surface area contributed by atoms with E-state index in [-0.39, 0.29) is 12.5 Å². The minimum absolute atomic E-state index is 0.0725. The first-order valence-electron chi connectivity index (χ1n) is 6.54. The number of carbonyl (C=O) groups excluding carboxylic acids is 1. The molecule has 0 bridgehead atoms. The van der Waals surface area contributed by atoms with E-state index < -0.39 is 0 Å². The molecule has 1 aromatic rings. The minimum Gasteiger partial charge on any atom is -0.375 e. The van der Waals surface area contributed by atoms with Crippen LogP contribution in [0.5, 0.6) is 0 Å². The van der Waals surface area contributed by atoms with Gasteiger partial charge in [-0.15, -0.1) is 0 Å². The van der Waals surface area contributed by atoms with Crippen molar-refractivity contribution in [1.29, 1.82) is 0 Å². The Morgan fingerprint density at radius 1 is 1.42 bits per heavy atom. The third-order valence-electron chi connectivity index (χ3n) is 3.03. The van der Waals surface area contributed by atoms with Crippen LogP contribution in [0.3, 0.4) is 0 Å². The van der Waals surface area contributed by atoms with Gasteiger partial charge in [-0.2, -0.15) is 0 Å². The Balaban J connectivity index is 2.02. The van der Waals surface area contributed by atoms with Gasteiger partial charge in [0.1, 0.15) is 6.61 Å². The molecule has 104 valence electrons. The number of aryl methyl sites for hydroxylation is 1. The molecule has 1 saturated heterocycles. The monoisotopic (exact) mass is 264 g/mol. The first kappa shape index (κ1) is 13.7. The first-order valence-corrected chi connectivity index (χ1v) is 6.54. The van der Waals surface area contributed by atoms with E-state index in [0.717, 1.165) is 30.4 Å². The molecule has 2 rings (SSSR count). The first-order chi connectivity index (χ1) is 9.19. The van der Waals surface area contributed by atoms with Crippen molar-refractivity contribution in [3.05, 3.63) is 17.5 Å². The van der Waals surface area contributed by atoms with Crippen molar-refractivity contribution in [3.63, 3.8) is 0 Å². The van der Waals surface area contributed by atoms with Crippen LogP contribution < -0.4 is 10.2 Å². The molecule has 0 unspecified atom stereocenters. The summed E-state index contributed by atoms with van der Waals surface area (Å²) in [5.41, 5.74) is 1.76. The van der Waals surface area contributed by atoms with Crippen LogP contribution in [0.4, 0.5) is 5.95 Å². The summed E-state index contributed by atoms with van der Waals surface area (Å²) in [6.07, 6.45) is 2.38. The van der Waals surface area contributed by atoms with Gasteiger partial charge in [-0.1, -0.05) is 0 Å². The molecule has 0 radical (unpaired) electrons. The lowest BCUT2D eigenvalue weighted by Crippen LogP contribution is -2.28. The molecule has 0 atom stereocenters. The Morgan fingerprint density at radius 2 is 2.16 bits per heavy atom. The van der Waals surface area contributed by atoms with E-state index >= 15 is 0 Å². The fourth-order valence-corrected chi connectivity index (χ4v) is 2.14. The number of methoxy groups -OCH3 is 1. The largest absolute Gasteiger partial charge is 0.375 e. The molecule has 6 nitrogen and oxygen atoms in total. The van der Waals surface area contributed by atoms with Gasteiger partial charge in [0.15, 0.2) is 0 Å². The molecule has 1 aliphatic heterocycles. The zero-order valence-electron chi connectivity index (χ0n) is 11.5. The Hall–Kier alpha value is -1.69. The fraction of sp³-hybridized carbons (Fsp3) is 0.615. The third-order valence-corrected chi connectivity index (χ3v) is 3.03. The Bertz CT molecular complexity index is 444. The molecule has 1 fully saturated rings. The Labute approximate surface area is 113 Å². The second-order valence-corrected chi connectivity index (χ2v) is 4.70. The van der Waals surface area contributed by atoms with E-state index in [1.165, 1.54) is 20.0 Å². The molecular weight excluding hydrogens is 244 g/mol.